The van der Waals surface area contributed by atoms with Gasteiger partial charge in [-0.15, -0.1) is 0 Å². The van der Waals surface area contributed by atoms with Crippen molar-refractivity contribution >= 4 is 16.7 Å². The number of rotatable bonds is 3. The molecule has 0 bridgehead atoms. The zero-order valence-corrected chi connectivity index (χ0v) is 9.82. The van der Waals surface area contributed by atoms with Crippen LogP contribution < -0.4 is 0 Å². The largest absolute Gasteiger partial charge is 0.0952 e. The first kappa shape index (κ1) is 11.1. The van der Waals surface area contributed by atoms with Crippen LogP contribution in [-0.2, 0) is 0 Å². The summed E-state index contributed by atoms with van der Waals surface area (Å²) in [4.78, 5) is 2.40. The van der Waals surface area contributed by atoms with E-state index in [0.29, 0.717) is 0 Å². The Hall–Kier alpha value is -0.950. The average molecular weight is 204 g/mol. The van der Waals surface area contributed by atoms with Crippen LogP contribution in [0.25, 0.3) is 4.91 Å². The Morgan fingerprint density at radius 1 is 1.29 bits per heavy atom. The molecule has 0 aromatic heterocycles. The van der Waals surface area contributed by atoms with Crippen LogP contribution in [0.5, 0.6) is 0 Å². The molecule has 0 saturated heterocycles. The summed E-state index contributed by atoms with van der Waals surface area (Å²) in [5.74, 6) is 0. The van der Waals surface area contributed by atoms with Crippen LogP contribution in [0, 0.1) is 6.92 Å². The van der Waals surface area contributed by atoms with E-state index in [1.54, 1.807) is 11.8 Å². The lowest BCUT2D eigenvalue weighted by atomic mass is 10.1. The Labute approximate surface area is 90.7 Å². The highest BCUT2D eigenvalue weighted by molar-refractivity contribution is 8.11. The molecule has 0 nitrogen and oxygen atoms in total. The minimum absolute atomic E-state index is 1.12. The molecular weight excluding hydrogens is 188 g/mol. The molecule has 1 heteroatoms. The second-order valence-electron chi connectivity index (χ2n) is 3.32. The first-order chi connectivity index (χ1) is 6.63. The van der Waals surface area contributed by atoms with Gasteiger partial charge in [0.1, 0.15) is 0 Å². The minimum atomic E-state index is 1.12. The van der Waals surface area contributed by atoms with Crippen molar-refractivity contribution in [2.45, 2.75) is 20.8 Å². The fourth-order valence-corrected chi connectivity index (χ4v) is 1.94. The van der Waals surface area contributed by atoms with Gasteiger partial charge in [-0.3, -0.25) is 0 Å². The molecule has 1 aromatic carbocycles. The predicted molar refractivity (Wildman–Crippen MR) is 67.2 cm³/mol. The summed E-state index contributed by atoms with van der Waals surface area (Å²) in [5.41, 5.74) is 2.57. The van der Waals surface area contributed by atoms with Crippen molar-refractivity contribution in [1.82, 2.24) is 0 Å². The van der Waals surface area contributed by atoms with Crippen LogP contribution in [0.3, 0.4) is 0 Å². The third-order valence-corrected chi connectivity index (χ3v) is 2.92. The summed E-state index contributed by atoms with van der Waals surface area (Å²) >= 11 is 1.73. The number of hydrogen-bond acceptors (Lipinski definition) is 1. The van der Waals surface area contributed by atoms with Gasteiger partial charge in [0.25, 0.3) is 0 Å². The number of allylic oxidation sites excluding steroid dienone is 2. The maximum absolute atomic E-state index is 3.91. The highest BCUT2D eigenvalue weighted by Crippen LogP contribution is 2.32. The van der Waals surface area contributed by atoms with Crippen molar-refractivity contribution in [3.63, 3.8) is 0 Å². The molecule has 0 spiro atoms. The van der Waals surface area contributed by atoms with Crippen LogP contribution in [0.4, 0.5) is 0 Å². The van der Waals surface area contributed by atoms with E-state index in [2.05, 4.69) is 50.8 Å². The van der Waals surface area contributed by atoms with Gasteiger partial charge in [0, 0.05) is 4.91 Å². The second kappa shape index (κ2) is 5.06. The molecule has 74 valence electrons. The van der Waals surface area contributed by atoms with E-state index in [4.69, 9.17) is 0 Å². The van der Waals surface area contributed by atoms with Crippen molar-refractivity contribution in [3.8, 4) is 0 Å². The van der Waals surface area contributed by atoms with Crippen LogP contribution in [0.15, 0.2) is 41.8 Å². The van der Waals surface area contributed by atoms with Gasteiger partial charge in [-0.05, 0) is 31.2 Å². The number of benzene rings is 1. The molecule has 0 atom stereocenters. The Bertz CT molecular complexity index is 344. The van der Waals surface area contributed by atoms with Gasteiger partial charge in [0.15, 0.2) is 0 Å². The van der Waals surface area contributed by atoms with E-state index in [-0.39, 0.29) is 0 Å². The van der Waals surface area contributed by atoms with Crippen LogP contribution >= 0.6 is 11.8 Å². The highest BCUT2D eigenvalue weighted by Gasteiger charge is 2.00. The Morgan fingerprint density at radius 3 is 2.29 bits per heavy atom. The molecule has 0 aliphatic heterocycles. The van der Waals surface area contributed by atoms with Gasteiger partial charge in [0.05, 0.1) is 0 Å². The fraction of sp³-hybridized carbons (Fsp3) is 0.231. The normalized spacial score (nSPS) is 11.5. The van der Waals surface area contributed by atoms with Crippen LogP contribution in [0.2, 0.25) is 0 Å². The number of aryl methyl sites for hydroxylation is 1. The molecule has 14 heavy (non-hydrogen) atoms. The Morgan fingerprint density at radius 2 is 1.86 bits per heavy atom. The fourth-order valence-electron chi connectivity index (χ4n) is 1.19. The maximum Gasteiger partial charge on any atom is 0.0148 e. The molecule has 0 saturated carbocycles. The monoisotopic (exact) mass is 204 g/mol. The quantitative estimate of drug-likeness (QED) is 0.692. The second-order valence-corrected chi connectivity index (χ2v) is 4.66. The molecule has 0 radical (unpaired) electrons. The van der Waals surface area contributed by atoms with Crippen molar-refractivity contribution in [2.75, 3.05) is 0 Å². The lowest BCUT2D eigenvalue weighted by molar-refractivity contribution is 1.46. The molecule has 1 aromatic rings. The lowest BCUT2D eigenvalue weighted by Gasteiger charge is -2.06. The number of thioether (sulfide) groups is 1. The SMILES string of the molecule is C=C(C)SC(=CC)c1ccc(C)cc1. The summed E-state index contributed by atoms with van der Waals surface area (Å²) in [6.45, 7) is 10.1. The smallest absolute Gasteiger partial charge is 0.0148 e. The van der Waals surface area contributed by atoms with E-state index in [1.165, 1.54) is 16.0 Å². The van der Waals surface area contributed by atoms with Crippen LogP contribution in [0.1, 0.15) is 25.0 Å². The molecule has 1 rings (SSSR count). The third-order valence-electron chi connectivity index (χ3n) is 1.88. The zero-order valence-electron chi connectivity index (χ0n) is 9.00. The molecule has 0 amide bonds. The zero-order chi connectivity index (χ0) is 10.6. The van der Waals surface area contributed by atoms with Crippen LogP contribution in [-0.4, -0.2) is 0 Å². The molecule has 0 heterocycles. The van der Waals surface area contributed by atoms with Crippen molar-refractivity contribution in [3.05, 3.63) is 53.0 Å². The van der Waals surface area contributed by atoms with Gasteiger partial charge < -0.3 is 0 Å². The molecule has 0 unspecified atom stereocenters. The Balaban J connectivity index is 2.91. The van der Waals surface area contributed by atoms with E-state index < -0.39 is 0 Å². The summed E-state index contributed by atoms with van der Waals surface area (Å²) < 4.78 is 0. The van der Waals surface area contributed by atoms with E-state index in [1.807, 2.05) is 6.92 Å². The van der Waals surface area contributed by atoms with Crippen molar-refractivity contribution < 1.29 is 0 Å². The minimum Gasteiger partial charge on any atom is -0.0952 e. The van der Waals surface area contributed by atoms with E-state index in [0.717, 1.165) is 4.91 Å². The first-order valence-corrected chi connectivity index (χ1v) is 5.52. The summed E-state index contributed by atoms with van der Waals surface area (Å²) in [5, 5.41) is 0. The van der Waals surface area contributed by atoms with Gasteiger partial charge in [-0.1, -0.05) is 54.2 Å². The van der Waals surface area contributed by atoms with Gasteiger partial charge in [-0.2, -0.15) is 0 Å². The summed E-state index contributed by atoms with van der Waals surface area (Å²) in [6.07, 6.45) is 2.13. The molecule has 0 N–H and O–H groups in total. The summed E-state index contributed by atoms with van der Waals surface area (Å²) in [7, 11) is 0. The van der Waals surface area contributed by atoms with Gasteiger partial charge in [-0.25, -0.2) is 0 Å². The standard InChI is InChI=1S/C13H16S/c1-5-13(14-10(2)3)12-8-6-11(4)7-9-12/h5-9H,2H2,1,3-4H3. The predicted octanol–water partition coefficient (Wildman–Crippen LogP) is 4.62. The van der Waals surface area contributed by atoms with Crippen molar-refractivity contribution in [1.29, 1.82) is 0 Å². The highest BCUT2D eigenvalue weighted by atomic mass is 32.2. The van der Waals surface area contributed by atoms with E-state index in [9.17, 15) is 0 Å². The third kappa shape index (κ3) is 3.08. The van der Waals surface area contributed by atoms with E-state index >= 15 is 0 Å². The molecule has 0 fully saturated rings. The Kier molecular flexibility index (Phi) is 4.02. The molecule has 0 aliphatic rings. The van der Waals surface area contributed by atoms with Gasteiger partial charge >= 0.3 is 0 Å². The molecular formula is C13H16S. The summed E-state index contributed by atoms with van der Waals surface area (Å²) in [6, 6.07) is 8.58. The van der Waals surface area contributed by atoms with Crippen molar-refractivity contribution in [2.24, 2.45) is 0 Å². The van der Waals surface area contributed by atoms with Gasteiger partial charge in [0.2, 0.25) is 0 Å². The average Bonchev–Trinajstić information content (AvgIpc) is 2.15. The number of hydrogen-bond donors (Lipinski definition) is 0. The molecule has 0 aliphatic carbocycles. The first-order valence-electron chi connectivity index (χ1n) is 4.70. The maximum atomic E-state index is 3.91. The topological polar surface area (TPSA) is 0 Å². The lowest BCUT2D eigenvalue weighted by Crippen LogP contribution is -1.80.